The van der Waals surface area contributed by atoms with Crippen molar-refractivity contribution in [1.82, 2.24) is 0 Å². The fourth-order valence-corrected chi connectivity index (χ4v) is 4.54. The predicted octanol–water partition coefficient (Wildman–Crippen LogP) is 3.91. The zero-order chi connectivity index (χ0) is 17.4. The van der Waals surface area contributed by atoms with Gasteiger partial charge >= 0.3 is 0 Å². The van der Waals surface area contributed by atoms with Crippen LogP contribution in [0.4, 0.5) is 0 Å². The molecule has 0 atom stereocenters. The lowest BCUT2D eigenvalue weighted by Gasteiger charge is -2.06. The van der Waals surface area contributed by atoms with Gasteiger partial charge in [0.25, 0.3) is 0 Å². The highest BCUT2D eigenvalue weighted by Gasteiger charge is 2.23. The number of hydrogen-bond acceptors (Lipinski definition) is 3. The summed E-state index contributed by atoms with van der Waals surface area (Å²) in [7, 11) is -3.62. The van der Waals surface area contributed by atoms with Gasteiger partial charge in [0.05, 0.1) is 4.90 Å². The Kier molecular flexibility index (Phi) is 3.77. The van der Waals surface area contributed by atoms with Gasteiger partial charge in [-0.05, 0) is 46.9 Å². The van der Waals surface area contributed by atoms with E-state index >= 15 is 0 Å². The van der Waals surface area contributed by atoms with E-state index in [0.29, 0.717) is 5.56 Å². The molecule has 3 aromatic rings. The van der Waals surface area contributed by atoms with Gasteiger partial charge in [-0.1, -0.05) is 54.6 Å². The first-order valence-corrected chi connectivity index (χ1v) is 9.72. The smallest absolute Gasteiger partial charge is 0.185 e. The standard InChI is InChI=1S/C21H16O3S/c22-21(14-25(23,24)18-7-2-1-3-8-18)16-10-11-20-17(13-16)12-15-6-4-5-9-19(15)20/h1-11,13H,12,14H2. The number of fused-ring (bicyclic) bond motifs is 3. The number of sulfone groups is 1. The van der Waals surface area contributed by atoms with Crippen molar-refractivity contribution in [3.63, 3.8) is 0 Å². The maximum atomic E-state index is 12.5. The number of ketones is 1. The van der Waals surface area contributed by atoms with Crippen LogP contribution in [0.15, 0.2) is 77.7 Å². The van der Waals surface area contributed by atoms with E-state index in [2.05, 4.69) is 12.1 Å². The third kappa shape index (κ3) is 2.89. The Morgan fingerprint density at radius 3 is 2.28 bits per heavy atom. The number of hydrogen-bond donors (Lipinski definition) is 0. The van der Waals surface area contributed by atoms with Crippen LogP contribution in [-0.2, 0) is 16.3 Å². The molecule has 0 spiro atoms. The molecular weight excluding hydrogens is 332 g/mol. The Morgan fingerprint density at radius 1 is 0.800 bits per heavy atom. The van der Waals surface area contributed by atoms with Gasteiger partial charge in [-0.15, -0.1) is 0 Å². The van der Waals surface area contributed by atoms with E-state index in [9.17, 15) is 13.2 Å². The summed E-state index contributed by atoms with van der Waals surface area (Å²) >= 11 is 0. The summed E-state index contributed by atoms with van der Waals surface area (Å²) in [5, 5.41) is 0. The van der Waals surface area contributed by atoms with Crippen molar-refractivity contribution in [2.24, 2.45) is 0 Å². The maximum Gasteiger partial charge on any atom is 0.185 e. The summed E-state index contributed by atoms with van der Waals surface area (Å²) in [6.45, 7) is 0. The average molecular weight is 348 g/mol. The summed E-state index contributed by atoms with van der Waals surface area (Å²) in [6, 6.07) is 21.7. The van der Waals surface area contributed by atoms with Gasteiger partial charge in [0.15, 0.2) is 15.6 Å². The molecule has 1 aliphatic rings. The van der Waals surface area contributed by atoms with Gasteiger partial charge in [0.2, 0.25) is 0 Å². The van der Waals surface area contributed by atoms with E-state index in [1.54, 1.807) is 24.3 Å². The SMILES string of the molecule is O=C(CS(=O)(=O)c1ccccc1)c1ccc2c(c1)Cc1ccccc1-2. The zero-order valence-corrected chi connectivity index (χ0v) is 14.3. The van der Waals surface area contributed by atoms with E-state index in [4.69, 9.17) is 0 Å². The first kappa shape index (κ1) is 15.8. The fourth-order valence-electron chi connectivity index (χ4n) is 3.29. The molecule has 0 saturated heterocycles. The summed E-state index contributed by atoms with van der Waals surface area (Å²) in [5.74, 6) is -0.884. The highest BCUT2D eigenvalue weighted by molar-refractivity contribution is 7.92. The minimum absolute atomic E-state index is 0.178. The largest absolute Gasteiger partial charge is 0.293 e. The molecule has 0 radical (unpaired) electrons. The van der Waals surface area contributed by atoms with Crippen molar-refractivity contribution in [2.75, 3.05) is 5.75 Å². The van der Waals surface area contributed by atoms with Crippen LogP contribution in [0, 0.1) is 0 Å². The van der Waals surface area contributed by atoms with E-state index in [1.165, 1.54) is 23.3 Å². The monoisotopic (exact) mass is 348 g/mol. The normalized spacial score (nSPS) is 12.5. The van der Waals surface area contributed by atoms with Crippen molar-refractivity contribution in [3.8, 4) is 11.1 Å². The van der Waals surface area contributed by atoms with Crippen LogP contribution in [0.3, 0.4) is 0 Å². The molecule has 3 nitrogen and oxygen atoms in total. The minimum Gasteiger partial charge on any atom is -0.293 e. The number of benzene rings is 3. The molecule has 0 heterocycles. The zero-order valence-electron chi connectivity index (χ0n) is 13.5. The van der Waals surface area contributed by atoms with Gasteiger partial charge in [-0.2, -0.15) is 0 Å². The highest BCUT2D eigenvalue weighted by atomic mass is 32.2. The molecule has 0 bridgehead atoms. The molecule has 0 aromatic heterocycles. The summed E-state index contributed by atoms with van der Waals surface area (Å²) in [5.41, 5.74) is 5.07. The first-order chi connectivity index (χ1) is 12.0. The van der Waals surface area contributed by atoms with Gasteiger partial charge in [-0.25, -0.2) is 8.42 Å². The lowest BCUT2D eigenvalue weighted by molar-refractivity contribution is 0.102. The quantitative estimate of drug-likeness (QED) is 0.525. The molecule has 0 saturated carbocycles. The van der Waals surface area contributed by atoms with Gasteiger partial charge < -0.3 is 0 Å². The molecule has 0 aliphatic heterocycles. The predicted molar refractivity (Wildman–Crippen MR) is 97.5 cm³/mol. The topological polar surface area (TPSA) is 51.2 Å². The van der Waals surface area contributed by atoms with Crippen LogP contribution in [0.25, 0.3) is 11.1 Å². The van der Waals surface area contributed by atoms with Crippen molar-refractivity contribution in [3.05, 3.63) is 89.5 Å². The first-order valence-electron chi connectivity index (χ1n) is 8.07. The van der Waals surface area contributed by atoms with Crippen LogP contribution in [0.2, 0.25) is 0 Å². The number of Topliss-reactive ketones (excluding diaryl/α,β-unsaturated/α-hetero) is 1. The number of carbonyl (C=O) groups excluding carboxylic acids is 1. The summed E-state index contributed by atoms with van der Waals surface area (Å²) in [6.07, 6.45) is 0.776. The van der Waals surface area contributed by atoms with E-state index in [-0.39, 0.29) is 10.7 Å². The molecule has 4 rings (SSSR count). The maximum absolute atomic E-state index is 12.5. The molecule has 0 fully saturated rings. The molecule has 4 heteroatoms. The van der Waals surface area contributed by atoms with E-state index < -0.39 is 15.6 Å². The van der Waals surface area contributed by atoms with E-state index in [0.717, 1.165) is 17.5 Å². The second kappa shape index (κ2) is 5.97. The van der Waals surface area contributed by atoms with Gasteiger partial charge in [0, 0.05) is 5.56 Å². The summed E-state index contributed by atoms with van der Waals surface area (Å²) in [4.78, 5) is 12.7. The Bertz CT molecular complexity index is 1070. The van der Waals surface area contributed by atoms with Gasteiger partial charge in [0.1, 0.15) is 5.75 Å². The van der Waals surface area contributed by atoms with Crippen LogP contribution >= 0.6 is 0 Å². The molecule has 0 unspecified atom stereocenters. The third-order valence-corrected chi connectivity index (χ3v) is 6.17. The molecular formula is C21H16O3S. The van der Waals surface area contributed by atoms with Crippen molar-refractivity contribution in [1.29, 1.82) is 0 Å². The van der Waals surface area contributed by atoms with Crippen LogP contribution in [0.1, 0.15) is 21.5 Å². The molecule has 0 amide bonds. The lowest BCUT2D eigenvalue weighted by atomic mass is 10.0. The van der Waals surface area contributed by atoms with E-state index in [1.807, 2.05) is 24.3 Å². The average Bonchev–Trinajstić information content (AvgIpc) is 3.00. The van der Waals surface area contributed by atoms with Crippen molar-refractivity contribution >= 4 is 15.6 Å². The Balaban J connectivity index is 1.62. The summed E-state index contributed by atoms with van der Waals surface area (Å²) < 4.78 is 24.8. The molecule has 25 heavy (non-hydrogen) atoms. The molecule has 124 valence electrons. The highest BCUT2D eigenvalue weighted by Crippen LogP contribution is 2.36. The Hall–Kier alpha value is -2.72. The van der Waals surface area contributed by atoms with Crippen LogP contribution in [-0.4, -0.2) is 20.0 Å². The molecule has 3 aromatic carbocycles. The minimum atomic E-state index is -3.62. The van der Waals surface area contributed by atoms with Crippen LogP contribution < -0.4 is 0 Å². The lowest BCUT2D eigenvalue weighted by Crippen LogP contribution is -2.16. The Morgan fingerprint density at radius 2 is 1.48 bits per heavy atom. The molecule has 0 N–H and O–H groups in total. The number of rotatable bonds is 4. The second-order valence-electron chi connectivity index (χ2n) is 6.20. The number of carbonyl (C=O) groups is 1. The van der Waals surface area contributed by atoms with Crippen molar-refractivity contribution < 1.29 is 13.2 Å². The Labute approximate surface area is 146 Å². The third-order valence-electron chi connectivity index (χ3n) is 4.54. The van der Waals surface area contributed by atoms with Crippen LogP contribution in [0.5, 0.6) is 0 Å². The second-order valence-corrected chi connectivity index (χ2v) is 8.19. The molecule has 1 aliphatic carbocycles. The van der Waals surface area contributed by atoms with Crippen molar-refractivity contribution in [2.45, 2.75) is 11.3 Å². The fraction of sp³-hybridized carbons (Fsp3) is 0.0952. The van der Waals surface area contributed by atoms with Gasteiger partial charge in [-0.3, -0.25) is 4.79 Å².